The van der Waals surface area contributed by atoms with Gasteiger partial charge in [0.25, 0.3) is 5.91 Å². The first-order valence-electron chi connectivity index (χ1n) is 8.90. The molecular weight excluding hydrogens is 352 g/mol. The zero-order chi connectivity index (χ0) is 17.4. The number of carbonyl (C=O) groups is 2. The summed E-state index contributed by atoms with van der Waals surface area (Å²) in [4.78, 5) is 32.1. The van der Waals surface area contributed by atoms with E-state index in [0.29, 0.717) is 6.54 Å². The maximum atomic E-state index is 13.0. The van der Waals surface area contributed by atoms with Crippen molar-refractivity contribution >= 4 is 34.5 Å². The Labute approximate surface area is 156 Å². The molecule has 2 aliphatic rings. The first-order valence-corrected chi connectivity index (χ1v) is 10.7. The van der Waals surface area contributed by atoms with Crippen molar-refractivity contribution in [3.63, 3.8) is 0 Å². The van der Waals surface area contributed by atoms with Gasteiger partial charge >= 0.3 is 0 Å². The summed E-state index contributed by atoms with van der Waals surface area (Å²) in [6.07, 6.45) is 3.71. The van der Waals surface area contributed by atoms with Crippen LogP contribution in [0.15, 0.2) is 22.9 Å². The Bertz CT molecular complexity index is 795. The van der Waals surface area contributed by atoms with Crippen LogP contribution in [-0.2, 0) is 17.6 Å². The highest BCUT2D eigenvalue weighted by Crippen LogP contribution is 2.35. The first-order chi connectivity index (χ1) is 12.2. The van der Waals surface area contributed by atoms with Crippen LogP contribution >= 0.6 is 22.7 Å². The number of hydrogen-bond acceptors (Lipinski definition) is 4. The van der Waals surface area contributed by atoms with Gasteiger partial charge in [0.1, 0.15) is 6.54 Å². The summed E-state index contributed by atoms with van der Waals surface area (Å²) in [6, 6.07) is 4.21. The monoisotopic (exact) mass is 374 g/mol. The Morgan fingerprint density at radius 3 is 2.80 bits per heavy atom. The lowest BCUT2D eigenvalue weighted by Crippen LogP contribution is -2.46. The summed E-state index contributed by atoms with van der Waals surface area (Å²) in [5, 5.41) is 4.10. The molecule has 0 unspecified atom stereocenters. The Hall–Kier alpha value is -1.66. The molecule has 132 valence electrons. The largest absolute Gasteiger partial charge is 0.334 e. The van der Waals surface area contributed by atoms with Crippen LogP contribution in [0.1, 0.15) is 51.5 Å². The van der Waals surface area contributed by atoms with Gasteiger partial charge in [-0.1, -0.05) is 6.92 Å². The molecule has 2 amide bonds. The van der Waals surface area contributed by atoms with Crippen LogP contribution in [0, 0.1) is 0 Å². The predicted molar refractivity (Wildman–Crippen MR) is 101 cm³/mol. The van der Waals surface area contributed by atoms with Gasteiger partial charge in [0.05, 0.1) is 11.6 Å². The van der Waals surface area contributed by atoms with E-state index in [2.05, 4.69) is 18.4 Å². The van der Waals surface area contributed by atoms with Crippen LogP contribution in [0.25, 0.3) is 0 Å². The van der Waals surface area contributed by atoms with Gasteiger partial charge in [0.15, 0.2) is 0 Å². The van der Waals surface area contributed by atoms with Crippen molar-refractivity contribution in [3.8, 4) is 0 Å². The van der Waals surface area contributed by atoms with Crippen molar-refractivity contribution < 1.29 is 9.59 Å². The van der Waals surface area contributed by atoms with Gasteiger partial charge in [-0.3, -0.25) is 9.59 Å². The molecule has 0 radical (unpaired) electrons. The van der Waals surface area contributed by atoms with Crippen LogP contribution < -0.4 is 0 Å². The molecule has 0 spiro atoms. The van der Waals surface area contributed by atoms with Crippen molar-refractivity contribution in [2.75, 3.05) is 19.6 Å². The lowest BCUT2D eigenvalue weighted by Gasteiger charge is -2.36. The highest BCUT2D eigenvalue weighted by molar-refractivity contribution is 7.10. The van der Waals surface area contributed by atoms with Crippen LogP contribution in [0.3, 0.4) is 0 Å². The molecule has 4 rings (SSSR count). The van der Waals surface area contributed by atoms with Gasteiger partial charge < -0.3 is 9.80 Å². The highest BCUT2D eigenvalue weighted by atomic mass is 32.1. The molecule has 2 aliphatic heterocycles. The van der Waals surface area contributed by atoms with Crippen LogP contribution in [0.5, 0.6) is 0 Å². The molecule has 2 aromatic rings. The molecule has 2 aromatic heterocycles. The third kappa shape index (κ3) is 3.02. The minimum atomic E-state index is 0.0170. The van der Waals surface area contributed by atoms with Gasteiger partial charge in [-0.25, -0.2) is 0 Å². The second-order valence-corrected chi connectivity index (χ2v) is 8.65. The van der Waals surface area contributed by atoms with Crippen LogP contribution in [-0.4, -0.2) is 41.2 Å². The van der Waals surface area contributed by atoms with E-state index < -0.39 is 0 Å². The third-order valence-electron chi connectivity index (χ3n) is 5.22. The van der Waals surface area contributed by atoms with Gasteiger partial charge in [0.2, 0.25) is 5.91 Å². The summed E-state index contributed by atoms with van der Waals surface area (Å²) < 4.78 is 0. The van der Waals surface area contributed by atoms with Gasteiger partial charge in [-0.15, -0.1) is 22.7 Å². The number of hydrogen-bond donors (Lipinski definition) is 0. The first kappa shape index (κ1) is 16.8. The van der Waals surface area contributed by atoms with Gasteiger partial charge in [0, 0.05) is 22.8 Å². The van der Waals surface area contributed by atoms with Gasteiger partial charge in [-0.05, 0) is 54.1 Å². The van der Waals surface area contributed by atoms with Crippen molar-refractivity contribution in [1.82, 2.24) is 9.80 Å². The number of aryl methyl sites for hydroxylation is 1. The molecule has 1 atom stereocenters. The molecule has 25 heavy (non-hydrogen) atoms. The van der Waals surface area contributed by atoms with E-state index in [9.17, 15) is 9.59 Å². The van der Waals surface area contributed by atoms with E-state index in [-0.39, 0.29) is 24.4 Å². The highest BCUT2D eigenvalue weighted by Gasteiger charge is 2.32. The molecule has 0 aliphatic carbocycles. The maximum absolute atomic E-state index is 13.0. The second-order valence-electron chi connectivity index (χ2n) is 6.65. The standard InChI is InChI=1S/C19H22N2O2S2/c1-2-15-13-6-10-25-17(13)5-9-21(15)18(22)12-20-8-3-4-16-14(19(20)23)7-11-24-16/h6-7,10-11,15H,2-5,8-9,12H2,1H3/t15-/m1/s1. The van der Waals surface area contributed by atoms with Crippen molar-refractivity contribution in [3.05, 3.63) is 43.8 Å². The number of fused-ring (bicyclic) bond motifs is 2. The van der Waals surface area contributed by atoms with Crippen LogP contribution in [0.2, 0.25) is 0 Å². The fourth-order valence-electron chi connectivity index (χ4n) is 3.97. The SMILES string of the molecule is CC[C@@H]1c2ccsc2CCN1C(=O)CN1CCCc2sccc2C1=O. The lowest BCUT2D eigenvalue weighted by molar-refractivity contribution is -0.135. The molecule has 4 nitrogen and oxygen atoms in total. The van der Waals surface area contributed by atoms with Crippen LogP contribution in [0.4, 0.5) is 0 Å². The van der Waals surface area contributed by atoms with Crippen molar-refractivity contribution in [2.45, 2.75) is 38.6 Å². The van der Waals surface area contributed by atoms with E-state index in [1.54, 1.807) is 27.6 Å². The Kier molecular flexibility index (Phi) is 4.65. The number of thiophene rings is 2. The molecule has 6 heteroatoms. The molecule has 4 heterocycles. The summed E-state index contributed by atoms with van der Waals surface area (Å²) >= 11 is 3.44. The fraction of sp³-hybridized carbons (Fsp3) is 0.474. The quantitative estimate of drug-likeness (QED) is 0.821. The van der Waals surface area contributed by atoms with E-state index in [4.69, 9.17) is 0 Å². The molecule has 0 fully saturated rings. The topological polar surface area (TPSA) is 40.6 Å². The molecular formula is C19H22N2O2S2. The number of carbonyl (C=O) groups excluding carboxylic acids is 2. The number of rotatable bonds is 3. The summed E-state index contributed by atoms with van der Waals surface area (Å²) in [5.41, 5.74) is 2.09. The average molecular weight is 375 g/mol. The summed E-state index contributed by atoms with van der Waals surface area (Å²) in [7, 11) is 0. The number of nitrogens with zero attached hydrogens (tertiary/aromatic N) is 2. The average Bonchev–Trinajstić information content (AvgIpc) is 3.25. The fourth-order valence-corrected chi connectivity index (χ4v) is 5.81. The zero-order valence-corrected chi connectivity index (χ0v) is 16.0. The zero-order valence-electron chi connectivity index (χ0n) is 14.4. The Balaban J connectivity index is 1.51. The molecule has 0 saturated heterocycles. The maximum Gasteiger partial charge on any atom is 0.255 e. The summed E-state index contributed by atoms with van der Waals surface area (Å²) in [5.74, 6) is 0.0964. The minimum absolute atomic E-state index is 0.0170. The third-order valence-corrected chi connectivity index (χ3v) is 7.20. The van der Waals surface area contributed by atoms with E-state index in [1.807, 2.05) is 16.3 Å². The van der Waals surface area contributed by atoms with E-state index in [0.717, 1.165) is 42.7 Å². The second kappa shape index (κ2) is 6.92. The lowest BCUT2D eigenvalue weighted by atomic mass is 9.97. The predicted octanol–water partition coefficient (Wildman–Crippen LogP) is 3.73. The number of amides is 2. The van der Waals surface area contributed by atoms with Crippen molar-refractivity contribution in [1.29, 1.82) is 0 Å². The molecule has 0 saturated carbocycles. The smallest absolute Gasteiger partial charge is 0.255 e. The summed E-state index contributed by atoms with van der Waals surface area (Å²) in [6.45, 7) is 3.76. The molecule has 0 bridgehead atoms. The Morgan fingerprint density at radius 1 is 1.16 bits per heavy atom. The van der Waals surface area contributed by atoms with E-state index in [1.165, 1.54) is 10.4 Å². The van der Waals surface area contributed by atoms with Crippen molar-refractivity contribution in [2.24, 2.45) is 0 Å². The normalized spacial score (nSPS) is 20.2. The van der Waals surface area contributed by atoms with E-state index >= 15 is 0 Å². The molecule has 0 N–H and O–H groups in total. The minimum Gasteiger partial charge on any atom is -0.334 e. The molecule has 0 aromatic carbocycles. The Morgan fingerprint density at radius 2 is 1.96 bits per heavy atom. The van der Waals surface area contributed by atoms with Gasteiger partial charge in [-0.2, -0.15) is 0 Å².